The lowest BCUT2D eigenvalue weighted by Gasteiger charge is -2.17. The van der Waals surface area contributed by atoms with E-state index in [4.69, 9.17) is 5.39 Å². The summed E-state index contributed by atoms with van der Waals surface area (Å²) in [7, 11) is 0. The molecule has 0 spiro atoms. The summed E-state index contributed by atoms with van der Waals surface area (Å²) in [5, 5.41) is 19.4. The van der Waals surface area contributed by atoms with Gasteiger partial charge in [0, 0.05) is 11.6 Å². The average molecular weight is 206 g/mol. The highest BCUT2D eigenvalue weighted by molar-refractivity contribution is 5.57. The molecule has 0 aromatic heterocycles. The topological polar surface area (TPSA) is 71.3 Å². The number of hydrogen-bond acceptors (Lipinski definition) is 3. The molecule has 0 saturated heterocycles. The fraction of sp³-hybridized carbons (Fsp3) is 0.400. The molecule has 0 unspecified atom stereocenters. The molecule has 0 radical (unpaired) electrons. The molecule has 78 valence electrons. The molecule has 1 aromatic carbocycles. The summed E-state index contributed by atoms with van der Waals surface area (Å²) >= 11 is 0. The van der Waals surface area contributed by atoms with Gasteiger partial charge < -0.3 is 0 Å². The summed E-state index contributed by atoms with van der Waals surface area (Å²) in [5.41, 5.74) is 0.489. The Bertz CT molecular complexity index is 441. The molecule has 0 fully saturated rings. The van der Waals surface area contributed by atoms with Crippen LogP contribution in [0, 0.1) is 15.5 Å². The highest BCUT2D eigenvalue weighted by Gasteiger charge is 2.27. The van der Waals surface area contributed by atoms with Gasteiger partial charge in [-0.25, -0.2) is 0 Å². The van der Waals surface area contributed by atoms with Crippen LogP contribution >= 0.6 is 0 Å². The number of rotatable bonds is 1. The van der Waals surface area contributed by atoms with Gasteiger partial charge in [-0.1, -0.05) is 20.8 Å². The van der Waals surface area contributed by atoms with Crippen molar-refractivity contribution in [1.82, 2.24) is 0 Å². The molecular weight excluding hydrogens is 194 g/mol. The lowest BCUT2D eigenvalue weighted by molar-refractivity contribution is -0.385. The van der Waals surface area contributed by atoms with E-state index in [2.05, 4.69) is 4.98 Å². The van der Waals surface area contributed by atoms with Crippen LogP contribution in [0.25, 0.3) is 4.98 Å². The molecule has 15 heavy (non-hydrogen) atoms. The van der Waals surface area contributed by atoms with E-state index in [0.717, 1.165) is 0 Å². The Morgan fingerprint density at radius 1 is 1.40 bits per heavy atom. The van der Waals surface area contributed by atoms with E-state index in [1.165, 1.54) is 6.07 Å². The van der Waals surface area contributed by atoms with Crippen molar-refractivity contribution in [3.63, 3.8) is 0 Å². The van der Waals surface area contributed by atoms with E-state index in [1.54, 1.807) is 12.1 Å². The summed E-state index contributed by atoms with van der Waals surface area (Å²) in [5.74, 6) is 0. The third kappa shape index (κ3) is 2.29. The first-order chi connectivity index (χ1) is 6.86. The summed E-state index contributed by atoms with van der Waals surface area (Å²) in [6.45, 7) is 5.68. The Labute approximate surface area is 87.5 Å². The summed E-state index contributed by atoms with van der Waals surface area (Å²) in [4.78, 5) is 13.3. The molecule has 1 aromatic rings. The van der Waals surface area contributed by atoms with Crippen LogP contribution in [0.4, 0.5) is 11.4 Å². The fourth-order valence-corrected chi connectivity index (χ4v) is 1.37. The molecule has 1 rings (SSSR count). The van der Waals surface area contributed by atoms with Gasteiger partial charge in [-0.05, 0) is 11.5 Å². The van der Waals surface area contributed by atoms with Gasteiger partial charge in [-0.15, -0.1) is 0 Å². The highest BCUT2D eigenvalue weighted by Crippen LogP contribution is 2.33. The molecule has 0 aliphatic rings. The molecule has 0 amide bonds. The van der Waals surface area contributed by atoms with Crippen molar-refractivity contribution in [3.05, 3.63) is 38.9 Å². The quantitative estimate of drug-likeness (QED) is 0.401. The molecule has 0 heterocycles. The zero-order valence-corrected chi connectivity index (χ0v) is 8.89. The predicted octanol–water partition coefficient (Wildman–Crippen LogP) is 3.38. The summed E-state index contributed by atoms with van der Waals surface area (Å²) in [6, 6.07) is 4.43. The number of benzene rings is 1. The Balaban J connectivity index is 3.42. The molecule has 0 aliphatic carbocycles. The normalized spacial score (nSPS) is 10.8. The Hall–Kier alpha value is -1.96. The largest absolute Gasteiger partial charge is 0.391 e. The van der Waals surface area contributed by atoms with Crippen molar-refractivity contribution in [2.45, 2.75) is 26.2 Å². The van der Waals surface area contributed by atoms with Gasteiger partial charge >= 0.3 is 5.69 Å². The summed E-state index contributed by atoms with van der Waals surface area (Å²) in [6.07, 6.45) is 0. The van der Waals surface area contributed by atoms with Crippen LogP contribution in [-0.4, -0.2) is 4.92 Å². The monoisotopic (exact) mass is 206 g/mol. The second-order valence-electron chi connectivity index (χ2n) is 4.31. The van der Waals surface area contributed by atoms with Gasteiger partial charge in [-0.2, -0.15) is 0 Å². The van der Waals surface area contributed by atoms with Crippen LogP contribution in [0.3, 0.4) is 0 Å². The van der Waals surface area contributed by atoms with Crippen LogP contribution in [-0.2, 0) is 5.41 Å². The van der Waals surface area contributed by atoms with Crippen molar-refractivity contribution in [1.29, 1.82) is 5.39 Å². The minimum atomic E-state index is -0.463. The maximum atomic E-state index is 10.8. The van der Waals surface area contributed by atoms with Gasteiger partial charge in [0.05, 0.1) is 4.92 Å². The Morgan fingerprint density at radius 2 is 2.00 bits per heavy atom. The summed E-state index contributed by atoms with van der Waals surface area (Å²) < 4.78 is 0. The standard InChI is InChI=1S/C10H12N3O2/c1-10(2,3)8-5-4-7(12-11)6-9(8)13(14)15/h4-6H,1-3H3/q+1. The smallest absolute Gasteiger partial charge is 0.258 e. The first-order valence-corrected chi connectivity index (χ1v) is 4.50. The second-order valence-corrected chi connectivity index (χ2v) is 4.31. The van der Waals surface area contributed by atoms with Gasteiger partial charge in [0.2, 0.25) is 5.39 Å². The van der Waals surface area contributed by atoms with Crippen molar-refractivity contribution >= 4 is 11.4 Å². The van der Waals surface area contributed by atoms with Crippen molar-refractivity contribution in [3.8, 4) is 0 Å². The molecule has 0 bridgehead atoms. The van der Waals surface area contributed by atoms with Gasteiger partial charge in [0.15, 0.2) is 4.98 Å². The van der Waals surface area contributed by atoms with Crippen LogP contribution < -0.4 is 0 Å². The second kappa shape index (κ2) is 3.65. The number of diazo groups is 1. The minimum absolute atomic E-state index is 0.0159. The molecular formula is C10H12N3O2+. The Morgan fingerprint density at radius 3 is 2.40 bits per heavy atom. The van der Waals surface area contributed by atoms with Crippen LogP contribution in [0.15, 0.2) is 18.2 Å². The molecule has 0 aliphatic heterocycles. The van der Waals surface area contributed by atoms with Crippen LogP contribution in [0.2, 0.25) is 0 Å². The van der Waals surface area contributed by atoms with E-state index < -0.39 is 4.92 Å². The molecule has 5 heteroatoms. The van der Waals surface area contributed by atoms with E-state index in [9.17, 15) is 10.1 Å². The maximum Gasteiger partial charge on any atom is 0.391 e. The molecule has 0 N–H and O–H groups in total. The van der Waals surface area contributed by atoms with E-state index in [-0.39, 0.29) is 16.8 Å². The number of nitro benzene ring substituents is 1. The van der Waals surface area contributed by atoms with Crippen molar-refractivity contribution < 1.29 is 4.92 Å². The zero-order valence-electron chi connectivity index (χ0n) is 8.89. The molecule has 0 saturated carbocycles. The molecule has 0 atom stereocenters. The van der Waals surface area contributed by atoms with E-state index in [1.807, 2.05) is 20.8 Å². The third-order valence-electron chi connectivity index (χ3n) is 2.10. The number of nitro groups is 1. The van der Waals surface area contributed by atoms with Gasteiger partial charge in [0.25, 0.3) is 5.69 Å². The predicted molar refractivity (Wildman–Crippen MR) is 56.5 cm³/mol. The average Bonchev–Trinajstić information content (AvgIpc) is 2.15. The zero-order chi connectivity index (χ0) is 11.6. The van der Waals surface area contributed by atoms with Gasteiger partial charge in [-0.3, -0.25) is 10.1 Å². The highest BCUT2D eigenvalue weighted by atomic mass is 16.6. The Kier molecular flexibility index (Phi) is 2.71. The first-order valence-electron chi connectivity index (χ1n) is 4.50. The van der Waals surface area contributed by atoms with Gasteiger partial charge in [0.1, 0.15) is 6.07 Å². The lowest BCUT2D eigenvalue weighted by Crippen LogP contribution is -2.13. The minimum Gasteiger partial charge on any atom is -0.258 e. The number of nitrogens with zero attached hydrogens (tertiary/aromatic N) is 3. The SMILES string of the molecule is CC(C)(C)c1ccc([N+]#N)cc1[N+](=O)[O-]. The van der Waals surface area contributed by atoms with E-state index >= 15 is 0 Å². The van der Waals surface area contributed by atoms with E-state index in [0.29, 0.717) is 5.56 Å². The fourth-order valence-electron chi connectivity index (χ4n) is 1.37. The van der Waals surface area contributed by atoms with Crippen LogP contribution in [0.5, 0.6) is 0 Å². The van der Waals surface area contributed by atoms with Crippen LogP contribution in [0.1, 0.15) is 26.3 Å². The third-order valence-corrected chi connectivity index (χ3v) is 2.10. The van der Waals surface area contributed by atoms with Crippen molar-refractivity contribution in [2.24, 2.45) is 0 Å². The molecule has 5 nitrogen and oxygen atoms in total. The maximum absolute atomic E-state index is 10.8. The first kappa shape index (κ1) is 11.1. The number of hydrogen-bond donors (Lipinski definition) is 0. The lowest BCUT2D eigenvalue weighted by atomic mass is 9.86. The van der Waals surface area contributed by atoms with Crippen molar-refractivity contribution in [2.75, 3.05) is 0 Å².